The number of rotatable bonds is 4. The minimum absolute atomic E-state index is 0.000606. The molecule has 2 aliphatic heterocycles. The zero-order valence-electron chi connectivity index (χ0n) is 18.2. The highest BCUT2D eigenvalue weighted by Crippen LogP contribution is 2.39. The van der Waals surface area contributed by atoms with E-state index in [1.165, 1.54) is 4.90 Å². The summed E-state index contributed by atoms with van der Waals surface area (Å²) in [5.41, 5.74) is 3.27. The first-order valence-electron chi connectivity index (χ1n) is 11.0. The van der Waals surface area contributed by atoms with Crippen LogP contribution in [-0.4, -0.2) is 56.5 Å². The maximum Gasteiger partial charge on any atom is 0.412 e. The number of fused-ring (bicyclic) bond motifs is 3. The van der Waals surface area contributed by atoms with Crippen LogP contribution in [0.15, 0.2) is 30.6 Å². The van der Waals surface area contributed by atoms with Crippen molar-refractivity contribution in [2.75, 3.05) is 16.4 Å². The van der Waals surface area contributed by atoms with Crippen molar-refractivity contribution in [3.05, 3.63) is 42.0 Å². The Morgan fingerprint density at radius 1 is 1.31 bits per heavy atom. The fraction of sp³-hybridized carbons (Fsp3) is 0.500. The van der Waals surface area contributed by atoms with Crippen molar-refractivity contribution >= 4 is 32.7 Å². The van der Waals surface area contributed by atoms with Crippen LogP contribution in [0.2, 0.25) is 0 Å². The van der Waals surface area contributed by atoms with Gasteiger partial charge in [-0.25, -0.2) is 18.2 Å². The lowest BCUT2D eigenvalue weighted by Crippen LogP contribution is -2.41. The highest BCUT2D eigenvalue weighted by Gasteiger charge is 2.35. The Labute approximate surface area is 186 Å². The summed E-state index contributed by atoms with van der Waals surface area (Å²) in [6.45, 7) is 4.61. The minimum atomic E-state index is -3.08. The van der Waals surface area contributed by atoms with Crippen molar-refractivity contribution in [3.63, 3.8) is 0 Å². The van der Waals surface area contributed by atoms with E-state index >= 15 is 0 Å². The van der Waals surface area contributed by atoms with E-state index in [-0.39, 0.29) is 29.5 Å². The maximum atomic E-state index is 12.3. The van der Waals surface area contributed by atoms with E-state index in [1.807, 2.05) is 36.0 Å². The Kier molecular flexibility index (Phi) is 4.99. The van der Waals surface area contributed by atoms with Gasteiger partial charge in [0.1, 0.15) is 5.82 Å². The van der Waals surface area contributed by atoms with Gasteiger partial charge < -0.3 is 9.67 Å². The summed E-state index contributed by atoms with van der Waals surface area (Å²) in [5, 5.41) is 14.1. The van der Waals surface area contributed by atoms with Crippen LogP contribution in [0.5, 0.6) is 0 Å². The number of aryl methyl sites for hydroxylation is 1. The number of benzene rings is 1. The van der Waals surface area contributed by atoms with Gasteiger partial charge in [-0.2, -0.15) is 5.10 Å². The lowest BCUT2D eigenvalue weighted by molar-refractivity contribution is 0.198. The molecule has 1 unspecified atom stereocenters. The summed E-state index contributed by atoms with van der Waals surface area (Å²) >= 11 is 0. The maximum absolute atomic E-state index is 12.3. The highest BCUT2D eigenvalue weighted by atomic mass is 32.2. The molecule has 1 aromatic carbocycles. The number of imidazole rings is 1. The van der Waals surface area contributed by atoms with Crippen LogP contribution in [-0.2, 0) is 22.8 Å². The molecule has 0 aliphatic carbocycles. The molecule has 1 fully saturated rings. The second kappa shape index (κ2) is 7.61. The standard InChI is InChI=1S/C22H27N5O4S/c1-14(12-25-10-3-9-23-25)21-24-20-17-5-4-15(2)26(22(28)29)18(17)6-7-19(20)27(21)16-8-11-32(30,31)13-16/h3,6-7,9-10,14-16H,4-5,8,11-13H2,1-2H3,(H,28,29)/t14?,15-,16+/m0/s1. The monoisotopic (exact) mass is 457 g/mol. The molecule has 0 radical (unpaired) electrons. The van der Waals surface area contributed by atoms with Gasteiger partial charge in [0.25, 0.3) is 0 Å². The average molecular weight is 458 g/mol. The van der Waals surface area contributed by atoms with E-state index < -0.39 is 15.9 Å². The molecule has 0 spiro atoms. The molecule has 1 N–H and O–H groups in total. The molecule has 170 valence electrons. The first kappa shape index (κ1) is 21.0. The Hall–Kier alpha value is -2.88. The van der Waals surface area contributed by atoms with Gasteiger partial charge in [0.15, 0.2) is 9.84 Å². The number of aromatic nitrogens is 4. The van der Waals surface area contributed by atoms with Crippen LogP contribution in [0.25, 0.3) is 11.0 Å². The van der Waals surface area contributed by atoms with Crippen LogP contribution >= 0.6 is 0 Å². The van der Waals surface area contributed by atoms with Gasteiger partial charge in [-0.05, 0) is 44.4 Å². The highest BCUT2D eigenvalue weighted by molar-refractivity contribution is 7.91. The third-order valence-electron chi connectivity index (χ3n) is 6.72. The van der Waals surface area contributed by atoms with Crippen LogP contribution in [0, 0.1) is 0 Å². The molecule has 2 aromatic heterocycles. The summed E-state index contributed by atoms with van der Waals surface area (Å²) in [5.74, 6) is 1.11. The van der Waals surface area contributed by atoms with Crippen molar-refractivity contribution in [2.45, 2.75) is 57.7 Å². The average Bonchev–Trinajstić information content (AvgIpc) is 3.45. The third-order valence-corrected chi connectivity index (χ3v) is 8.47. The van der Waals surface area contributed by atoms with Gasteiger partial charge in [-0.1, -0.05) is 6.92 Å². The van der Waals surface area contributed by atoms with Crippen LogP contribution in [0.4, 0.5) is 10.5 Å². The zero-order chi connectivity index (χ0) is 22.6. The SMILES string of the molecule is CC(Cn1cccn1)c1nc2c3c(ccc2n1[C@@H]1CCS(=O)(=O)C1)N(C(=O)O)[C@@H](C)CC3. The predicted molar refractivity (Wildman–Crippen MR) is 121 cm³/mol. The number of carboxylic acid groups (broad SMARTS) is 1. The molecule has 5 rings (SSSR count). The molecule has 1 saturated heterocycles. The lowest BCUT2D eigenvalue weighted by Gasteiger charge is -2.33. The van der Waals surface area contributed by atoms with Gasteiger partial charge in [-0.15, -0.1) is 0 Å². The fourth-order valence-corrected chi connectivity index (χ4v) is 6.89. The fourth-order valence-electron chi connectivity index (χ4n) is 5.19. The largest absolute Gasteiger partial charge is 0.465 e. The van der Waals surface area contributed by atoms with Gasteiger partial charge in [-0.3, -0.25) is 9.58 Å². The van der Waals surface area contributed by atoms with Gasteiger partial charge in [0, 0.05) is 29.9 Å². The number of nitrogens with zero attached hydrogens (tertiary/aromatic N) is 5. The first-order chi connectivity index (χ1) is 15.2. The van der Waals surface area contributed by atoms with Gasteiger partial charge in [0.2, 0.25) is 0 Å². The van der Waals surface area contributed by atoms with E-state index in [1.54, 1.807) is 6.20 Å². The predicted octanol–water partition coefficient (Wildman–Crippen LogP) is 3.22. The molecular formula is C22H27N5O4S. The van der Waals surface area contributed by atoms with Crippen LogP contribution < -0.4 is 4.90 Å². The molecule has 2 aliphatic rings. The molecule has 0 saturated carbocycles. The second-order valence-corrected chi connectivity index (χ2v) is 11.2. The van der Waals surface area contributed by atoms with Crippen LogP contribution in [0.3, 0.4) is 0 Å². The normalized spacial score (nSPS) is 23.4. The van der Waals surface area contributed by atoms with Crippen molar-refractivity contribution in [1.82, 2.24) is 19.3 Å². The smallest absolute Gasteiger partial charge is 0.412 e. The van der Waals surface area contributed by atoms with E-state index in [0.29, 0.717) is 18.7 Å². The molecule has 32 heavy (non-hydrogen) atoms. The van der Waals surface area contributed by atoms with Crippen molar-refractivity contribution in [2.24, 2.45) is 0 Å². The van der Waals surface area contributed by atoms with Crippen molar-refractivity contribution in [3.8, 4) is 0 Å². The van der Waals surface area contributed by atoms with Crippen molar-refractivity contribution in [1.29, 1.82) is 0 Å². The Morgan fingerprint density at radius 2 is 2.12 bits per heavy atom. The van der Waals surface area contributed by atoms with E-state index in [2.05, 4.69) is 16.6 Å². The molecule has 3 atom stereocenters. The quantitative estimate of drug-likeness (QED) is 0.644. The lowest BCUT2D eigenvalue weighted by atomic mass is 9.95. The number of anilines is 1. The summed E-state index contributed by atoms with van der Waals surface area (Å²) in [6.07, 6.45) is 4.69. The zero-order valence-corrected chi connectivity index (χ0v) is 19.0. The van der Waals surface area contributed by atoms with E-state index in [4.69, 9.17) is 4.98 Å². The van der Waals surface area contributed by atoms with Crippen LogP contribution in [0.1, 0.15) is 50.0 Å². The topological polar surface area (TPSA) is 110 Å². The van der Waals surface area contributed by atoms with Crippen molar-refractivity contribution < 1.29 is 18.3 Å². The third kappa shape index (κ3) is 3.46. The summed E-state index contributed by atoms with van der Waals surface area (Å²) in [7, 11) is -3.08. The summed E-state index contributed by atoms with van der Waals surface area (Å²) < 4.78 is 28.5. The minimum Gasteiger partial charge on any atom is -0.465 e. The molecule has 0 bridgehead atoms. The molecular weight excluding hydrogens is 430 g/mol. The number of hydrogen-bond donors (Lipinski definition) is 1. The number of carbonyl (C=O) groups is 1. The van der Waals surface area contributed by atoms with E-state index in [0.717, 1.165) is 35.3 Å². The molecule has 9 nitrogen and oxygen atoms in total. The number of hydrogen-bond acceptors (Lipinski definition) is 5. The first-order valence-corrected chi connectivity index (χ1v) is 12.8. The summed E-state index contributed by atoms with van der Waals surface area (Å²) in [4.78, 5) is 18.4. The molecule has 1 amide bonds. The van der Waals surface area contributed by atoms with Gasteiger partial charge >= 0.3 is 6.09 Å². The number of amides is 1. The van der Waals surface area contributed by atoms with Gasteiger partial charge in [0.05, 0.1) is 40.8 Å². The Balaban J connectivity index is 1.67. The molecule has 3 aromatic rings. The second-order valence-electron chi connectivity index (χ2n) is 9.00. The molecule has 4 heterocycles. The number of sulfone groups is 1. The van der Waals surface area contributed by atoms with E-state index in [9.17, 15) is 18.3 Å². The molecule has 10 heteroatoms. The Morgan fingerprint density at radius 3 is 2.78 bits per heavy atom. The summed E-state index contributed by atoms with van der Waals surface area (Å²) in [6, 6.07) is 5.36. The Bertz CT molecular complexity index is 1280.